The van der Waals surface area contributed by atoms with Crippen LogP contribution in [-0.2, 0) is 20.2 Å². The van der Waals surface area contributed by atoms with Gasteiger partial charge in [-0.1, -0.05) is 18.6 Å². The molecule has 166 valence electrons. The number of sulfonamides is 1. The number of benzene rings is 2. The molecule has 1 spiro atoms. The second-order valence-corrected chi connectivity index (χ2v) is 9.10. The molecule has 7 nitrogen and oxygen atoms in total. The Morgan fingerprint density at radius 1 is 1.16 bits per heavy atom. The van der Waals surface area contributed by atoms with E-state index in [4.69, 9.17) is 9.47 Å². The van der Waals surface area contributed by atoms with Crippen molar-refractivity contribution in [3.8, 4) is 11.5 Å². The van der Waals surface area contributed by atoms with Gasteiger partial charge in [0.05, 0.1) is 23.9 Å². The second kappa shape index (κ2) is 7.33. The van der Waals surface area contributed by atoms with Gasteiger partial charge in [0.15, 0.2) is 6.61 Å². The first-order chi connectivity index (χ1) is 14.6. The third kappa shape index (κ3) is 3.78. The van der Waals surface area contributed by atoms with E-state index in [1.807, 2.05) is 0 Å². The van der Waals surface area contributed by atoms with E-state index in [0.29, 0.717) is 18.4 Å². The van der Waals surface area contributed by atoms with Crippen LogP contribution in [0.3, 0.4) is 0 Å². The van der Waals surface area contributed by atoms with Gasteiger partial charge in [-0.15, -0.1) is 0 Å². The zero-order valence-electron chi connectivity index (χ0n) is 16.4. The van der Waals surface area contributed by atoms with E-state index in [2.05, 4.69) is 10.0 Å². The summed E-state index contributed by atoms with van der Waals surface area (Å²) in [7, 11) is -2.81. The molecule has 2 aliphatic rings. The minimum atomic E-state index is -4.60. The maximum atomic E-state index is 12.9. The molecule has 2 N–H and O–H groups in total. The second-order valence-electron chi connectivity index (χ2n) is 7.45. The fraction of sp³-hybridized carbons (Fsp3) is 0.350. The molecule has 1 saturated carbocycles. The molecule has 4 rings (SSSR count). The number of methoxy groups -OCH3 is 1. The van der Waals surface area contributed by atoms with Crippen LogP contribution in [0.2, 0.25) is 0 Å². The Labute approximate surface area is 176 Å². The molecule has 1 fully saturated rings. The van der Waals surface area contributed by atoms with Gasteiger partial charge in [-0.2, -0.15) is 13.2 Å². The summed E-state index contributed by atoms with van der Waals surface area (Å²) in [6.45, 7) is -1.58. The van der Waals surface area contributed by atoms with Crippen molar-refractivity contribution in [3.05, 3.63) is 42.0 Å². The van der Waals surface area contributed by atoms with Crippen LogP contribution in [0.4, 0.5) is 24.5 Å². The predicted octanol–water partition coefficient (Wildman–Crippen LogP) is 3.81. The first-order valence-electron chi connectivity index (χ1n) is 9.41. The molecule has 31 heavy (non-hydrogen) atoms. The van der Waals surface area contributed by atoms with Crippen LogP contribution in [0.15, 0.2) is 41.3 Å². The average molecular weight is 456 g/mol. The van der Waals surface area contributed by atoms with Crippen molar-refractivity contribution >= 4 is 27.3 Å². The summed E-state index contributed by atoms with van der Waals surface area (Å²) in [6, 6.07) is 8.54. The number of ether oxygens (including phenoxy) is 2. The topological polar surface area (TPSA) is 93.7 Å². The number of alkyl halides is 3. The first kappa shape index (κ1) is 21.3. The van der Waals surface area contributed by atoms with Crippen LogP contribution in [0.25, 0.3) is 0 Å². The largest absolute Gasteiger partial charge is 0.495 e. The summed E-state index contributed by atoms with van der Waals surface area (Å²) in [5.74, 6) is -0.461. The number of carbonyl (C=O) groups is 1. The molecule has 0 aromatic heterocycles. The number of hydrogen-bond acceptors (Lipinski definition) is 5. The van der Waals surface area contributed by atoms with Crippen molar-refractivity contribution in [3.63, 3.8) is 0 Å². The number of anilines is 2. The molecule has 1 amide bonds. The van der Waals surface area contributed by atoms with Gasteiger partial charge in [0.1, 0.15) is 16.4 Å². The standard InChI is InChI=1S/C20H19F3N2O5S/c1-29-14-5-2-3-6-16(14)31(27,28)25-12-9-13-17(15(10-12)30-11-20(21,22)23)24-18(26)19(13)7-4-8-19/h2-3,5-6,9-10,25H,4,7-8,11H2,1H3,(H,24,26). The molecular formula is C20H19F3N2O5S. The summed E-state index contributed by atoms with van der Waals surface area (Å²) < 4.78 is 76.5. The smallest absolute Gasteiger partial charge is 0.422 e. The van der Waals surface area contributed by atoms with Gasteiger partial charge in [0, 0.05) is 6.07 Å². The molecule has 1 aliphatic heterocycles. The van der Waals surface area contributed by atoms with Crippen molar-refractivity contribution in [1.82, 2.24) is 0 Å². The van der Waals surface area contributed by atoms with E-state index < -0.39 is 28.2 Å². The Kier molecular flexibility index (Phi) is 5.03. The summed E-state index contributed by atoms with van der Waals surface area (Å²) >= 11 is 0. The third-order valence-electron chi connectivity index (χ3n) is 5.50. The summed E-state index contributed by atoms with van der Waals surface area (Å²) in [5, 5.41) is 2.61. The molecule has 0 bridgehead atoms. The third-order valence-corrected chi connectivity index (χ3v) is 6.92. The number of nitrogens with one attached hydrogen (secondary N) is 2. The highest BCUT2D eigenvalue weighted by Gasteiger charge is 2.52. The lowest BCUT2D eigenvalue weighted by molar-refractivity contribution is -0.153. The molecule has 11 heteroatoms. The van der Waals surface area contributed by atoms with Crippen LogP contribution >= 0.6 is 0 Å². The van der Waals surface area contributed by atoms with Gasteiger partial charge in [-0.25, -0.2) is 8.42 Å². The predicted molar refractivity (Wildman–Crippen MR) is 106 cm³/mol. The van der Waals surface area contributed by atoms with E-state index in [-0.39, 0.29) is 33.7 Å². The summed E-state index contributed by atoms with van der Waals surface area (Å²) in [4.78, 5) is 12.4. The fourth-order valence-corrected chi connectivity index (χ4v) is 5.10. The van der Waals surface area contributed by atoms with E-state index in [0.717, 1.165) is 12.5 Å². The van der Waals surface area contributed by atoms with Crippen molar-refractivity contribution in [2.75, 3.05) is 23.8 Å². The molecule has 2 aromatic rings. The van der Waals surface area contributed by atoms with Crippen LogP contribution in [-0.4, -0.2) is 34.2 Å². The highest BCUT2D eigenvalue weighted by Crippen LogP contribution is 2.54. The van der Waals surface area contributed by atoms with E-state index >= 15 is 0 Å². The average Bonchev–Trinajstić information content (AvgIpc) is 2.97. The Morgan fingerprint density at radius 3 is 2.48 bits per heavy atom. The van der Waals surface area contributed by atoms with Gasteiger partial charge in [0.25, 0.3) is 10.0 Å². The molecule has 2 aromatic carbocycles. The van der Waals surface area contributed by atoms with Crippen LogP contribution in [0, 0.1) is 0 Å². The molecule has 0 radical (unpaired) electrons. The number of carbonyl (C=O) groups excluding carboxylic acids is 1. The van der Waals surface area contributed by atoms with Crippen molar-refractivity contribution in [2.45, 2.75) is 35.7 Å². The number of para-hydroxylation sites is 1. The Balaban J connectivity index is 1.76. The summed E-state index contributed by atoms with van der Waals surface area (Å²) in [6.07, 6.45) is -2.78. The number of hydrogen-bond donors (Lipinski definition) is 2. The summed E-state index contributed by atoms with van der Waals surface area (Å²) in [5.41, 5.74) is -0.308. The van der Waals surface area contributed by atoms with Gasteiger partial charge in [0.2, 0.25) is 5.91 Å². The number of halogens is 3. The fourth-order valence-electron chi connectivity index (χ4n) is 3.89. The number of rotatable bonds is 6. The lowest BCUT2D eigenvalue weighted by Gasteiger charge is -2.36. The Bertz CT molecular complexity index is 1140. The highest BCUT2D eigenvalue weighted by molar-refractivity contribution is 7.92. The Hall–Kier alpha value is -2.95. The molecule has 0 atom stereocenters. The lowest BCUT2D eigenvalue weighted by Crippen LogP contribution is -2.40. The van der Waals surface area contributed by atoms with Gasteiger partial charge < -0.3 is 14.8 Å². The minimum absolute atomic E-state index is 0.00962. The van der Waals surface area contributed by atoms with Crippen molar-refractivity contribution < 1.29 is 35.9 Å². The number of amides is 1. The van der Waals surface area contributed by atoms with Crippen LogP contribution in [0.5, 0.6) is 11.5 Å². The quantitative estimate of drug-likeness (QED) is 0.690. The van der Waals surface area contributed by atoms with Crippen molar-refractivity contribution in [1.29, 1.82) is 0 Å². The Morgan fingerprint density at radius 2 is 1.87 bits per heavy atom. The lowest BCUT2D eigenvalue weighted by atomic mass is 9.65. The maximum Gasteiger partial charge on any atom is 0.422 e. The van der Waals surface area contributed by atoms with Gasteiger partial charge in [-0.3, -0.25) is 9.52 Å². The SMILES string of the molecule is COc1ccccc1S(=O)(=O)Nc1cc(OCC(F)(F)F)c2c(c1)C1(CCC1)C(=O)N2. The minimum Gasteiger partial charge on any atom is -0.495 e. The zero-order chi connectivity index (χ0) is 22.4. The van der Waals surface area contributed by atoms with Gasteiger partial charge in [-0.05, 0) is 36.6 Å². The van der Waals surface area contributed by atoms with Gasteiger partial charge >= 0.3 is 6.18 Å². The molecule has 0 saturated heterocycles. The van der Waals surface area contributed by atoms with E-state index in [1.54, 1.807) is 6.07 Å². The number of fused-ring (bicyclic) bond motifs is 2. The molecule has 0 unspecified atom stereocenters. The van der Waals surface area contributed by atoms with Crippen LogP contribution in [0.1, 0.15) is 24.8 Å². The molecule has 1 aliphatic carbocycles. The maximum absolute atomic E-state index is 12.9. The van der Waals surface area contributed by atoms with E-state index in [1.165, 1.54) is 31.4 Å². The molecular weight excluding hydrogens is 437 g/mol. The highest BCUT2D eigenvalue weighted by atomic mass is 32.2. The molecule has 1 heterocycles. The first-order valence-corrected chi connectivity index (χ1v) is 10.9. The normalized spacial score (nSPS) is 17.0. The zero-order valence-corrected chi connectivity index (χ0v) is 17.2. The van der Waals surface area contributed by atoms with E-state index in [9.17, 15) is 26.4 Å². The van der Waals surface area contributed by atoms with Crippen LogP contribution < -0.4 is 19.5 Å². The van der Waals surface area contributed by atoms with Crippen molar-refractivity contribution in [2.24, 2.45) is 0 Å². The monoisotopic (exact) mass is 456 g/mol.